The highest BCUT2D eigenvalue weighted by molar-refractivity contribution is 5.85. The molecule has 2 atom stereocenters. The standard InChI is InChI=1S/C16H31N3O/c1-4-15(3)8-10-19(11-9-15)13-6-7-16(12-13,14(17)20)18-5-2/h13,18H,4-12H2,1-3H3,(H2,17,20). The summed E-state index contributed by atoms with van der Waals surface area (Å²) >= 11 is 0. The number of nitrogens with one attached hydrogen (secondary N) is 1. The maximum absolute atomic E-state index is 11.8. The Kier molecular flexibility index (Phi) is 4.75. The van der Waals surface area contributed by atoms with E-state index < -0.39 is 5.54 Å². The number of amides is 1. The van der Waals surface area contributed by atoms with Gasteiger partial charge in [-0.15, -0.1) is 0 Å². The van der Waals surface area contributed by atoms with Gasteiger partial charge in [0.1, 0.15) is 0 Å². The molecule has 2 fully saturated rings. The summed E-state index contributed by atoms with van der Waals surface area (Å²) in [6.45, 7) is 9.92. The molecule has 2 aliphatic rings. The zero-order valence-corrected chi connectivity index (χ0v) is 13.4. The molecular formula is C16H31N3O. The predicted octanol–water partition coefficient (Wildman–Crippen LogP) is 1.88. The second-order valence-corrected chi connectivity index (χ2v) is 7.07. The van der Waals surface area contributed by atoms with E-state index in [-0.39, 0.29) is 5.91 Å². The molecule has 1 amide bonds. The van der Waals surface area contributed by atoms with Crippen molar-refractivity contribution >= 4 is 5.91 Å². The van der Waals surface area contributed by atoms with E-state index >= 15 is 0 Å². The Balaban J connectivity index is 1.95. The van der Waals surface area contributed by atoms with Gasteiger partial charge in [0.15, 0.2) is 0 Å². The van der Waals surface area contributed by atoms with Crippen molar-refractivity contribution in [2.75, 3.05) is 19.6 Å². The Labute approximate surface area is 123 Å². The maximum atomic E-state index is 11.8. The van der Waals surface area contributed by atoms with E-state index in [0.717, 1.165) is 25.8 Å². The molecule has 1 aliphatic heterocycles. The number of nitrogens with zero attached hydrogens (tertiary/aromatic N) is 1. The number of nitrogens with two attached hydrogens (primary N) is 1. The van der Waals surface area contributed by atoms with Crippen molar-refractivity contribution < 1.29 is 4.79 Å². The van der Waals surface area contributed by atoms with Crippen LogP contribution in [0.2, 0.25) is 0 Å². The van der Waals surface area contributed by atoms with E-state index in [1.54, 1.807) is 0 Å². The van der Waals surface area contributed by atoms with Gasteiger partial charge in [0, 0.05) is 6.04 Å². The number of likely N-dealkylation sites (N-methyl/N-ethyl adjacent to an activating group) is 1. The monoisotopic (exact) mass is 281 g/mol. The van der Waals surface area contributed by atoms with Gasteiger partial charge in [0.2, 0.25) is 5.91 Å². The Morgan fingerprint density at radius 3 is 2.45 bits per heavy atom. The molecule has 0 spiro atoms. The molecule has 4 heteroatoms. The summed E-state index contributed by atoms with van der Waals surface area (Å²) in [5.41, 5.74) is 5.73. The van der Waals surface area contributed by atoms with Crippen LogP contribution in [0, 0.1) is 5.41 Å². The van der Waals surface area contributed by atoms with Crippen LogP contribution in [0.1, 0.15) is 59.3 Å². The molecule has 1 saturated heterocycles. The lowest BCUT2D eigenvalue weighted by Gasteiger charge is -2.42. The Hall–Kier alpha value is -0.610. The normalized spacial score (nSPS) is 34.2. The highest BCUT2D eigenvalue weighted by Gasteiger charge is 2.45. The number of rotatable bonds is 5. The molecule has 2 rings (SSSR count). The lowest BCUT2D eigenvalue weighted by molar-refractivity contribution is -0.124. The fourth-order valence-electron chi connectivity index (χ4n) is 3.92. The number of hydrogen-bond acceptors (Lipinski definition) is 3. The Morgan fingerprint density at radius 2 is 1.95 bits per heavy atom. The smallest absolute Gasteiger partial charge is 0.237 e. The number of carbonyl (C=O) groups is 1. The molecule has 116 valence electrons. The van der Waals surface area contributed by atoms with Gasteiger partial charge in [-0.2, -0.15) is 0 Å². The van der Waals surface area contributed by atoms with Crippen LogP contribution in [0.3, 0.4) is 0 Å². The van der Waals surface area contributed by atoms with Crippen molar-refractivity contribution in [3.63, 3.8) is 0 Å². The third-order valence-corrected chi connectivity index (χ3v) is 5.85. The third kappa shape index (κ3) is 3.01. The van der Waals surface area contributed by atoms with Crippen LogP contribution in [-0.4, -0.2) is 42.0 Å². The summed E-state index contributed by atoms with van der Waals surface area (Å²) in [4.78, 5) is 14.4. The number of likely N-dealkylation sites (tertiary alicyclic amines) is 1. The van der Waals surface area contributed by atoms with Crippen LogP contribution in [0.25, 0.3) is 0 Å². The van der Waals surface area contributed by atoms with Gasteiger partial charge in [-0.1, -0.05) is 27.2 Å². The molecule has 0 aromatic rings. The molecular weight excluding hydrogens is 250 g/mol. The molecule has 20 heavy (non-hydrogen) atoms. The van der Waals surface area contributed by atoms with Crippen LogP contribution >= 0.6 is 0 Å². The van der Waals surface area contributed by atoms with Gasteiger partial charge in [-0.25, -0.2) is 0 Å². The van der Waals surface area contributed by atoms with Gasteiger partial charge in [-0.05, 0) is 57.2 Å². The van der Waals surface area contributed by atoms with Gasteiger partial charge in [-0.3, -0.25) is 4.79 Å². The number of primary amides is 1. The molecule has 1 saturated carbocycles. The minimum atomic E-state index is -0.453. The molecule has 3 N–H and O–H groups in total. The largest absolute Gasteiger partial charge is 0.368 e. The van der Waals surface area contributed by atoms with Crippen molar-refractivity contribution in [3.8, 4) is 0 Å². The number of carbonyl (C=O) groups excluding carboxylic acids is 1. The first-order valence-electron chi connectivity index (χ1n) is 8.24. The molecule has 2 unspecified atom stereocenters. The first kappa shape index (κ1) is 15.8. The highest BCUT2D eigenvalue weighted by Crippen LogP contribution is 2.39. The topological polar surface area (TPSA) is 58.4 Å². The minimum absolute atomic E-state index is 0.169. The van der Waals surface area contributed by atoms with E-state index in [1.807, 2.05) is 6.92 Å². The molecule has 1 heterocycles. The first-order valence-corrected chi connectivity index (χ1v) is 8.24. The fourth-order valence-corrected chi connectivity index (χ4v) is 3.92. The lowest BCUT2D eigenvalue weighted by Crippen LogP contribution is -2.55. The molecule has 0 bridgehead atoms. The average molecular weight is 281 g/mol. The van der Waals surface area contributed by atoms with E-state index in [2.05, 4.69) is 24.1 Å². The van der Waals surface area contributed by atoms with Gasteiger partial charge in [0.05, 0.1) is 5.54 Å². The SMILES string of the molecule is CCNC1(C(N)=O)CCC(N2CCC(C)(CC)CC2)C1. The molecule has 0 radical (unpaired) electrons. The average Bonchev–Trinajstić information content (AvgIpc) is 2.86. The molecule has 0 aromatic heterocycles. The predicted molar refractivity (Wildman–Crippen MR) is 82.4 cm³/mol. The van der Waals surface area contributed by atoms with Crippen LogP contribution in [0.4, 0.5) is 0 Å². The highest BCUT2D eigenvalue weighted by atomic mass is 16.1. The van der Waals surface area contributed by atoms with Crippen molar-refractivity contribution in [1.82, 2.24) is 10.2 Å². The molecule has 0 aromatic carbocycles. The fraction of sp³-hybridized carbons (Fsp3) is 0.938. The Morgan fingerprint density at radius 1 is 1.30 bits per heavy atom. The Bertz CT molecular complexity index is 350. The summed E-state index contributed by atoms with van der Waals surface area (Å²) in [7, 11) is 0. The van der Waals surface area contributed by atoms with E-state index in [4.69, 9.17) is 5.73 Å². The number of hydrogen-bond donors (Lipinski definition) is 2. The van der Waals surface area contributed by atoms with Gasteiger partial charge in [0.25, 0.3) is 0 Å². The second kappa shape index (κ2) is 6.02. The van der Waals surface area contributed by atoms with Crippen LogP contribution < -0.4 is 11.1 Å². The van der Waals surface area contributed by atoms with Crippen molar-refractivity contribution in [2.24, 2.45) is 11.1 Å². The van der Waals surface area contributed by atoms with E-state index in [0.29, 0.717) is 11.5 Å². The minimum Gasteiger partial charge on any atom is -0.368 e. The summed E-state index contributed by atoms with van der Waals surface area (Å²) in [6.07, 6.45) is 6.71. The van der Waals surface area contributed by atoms with Crippen molar-refractivity contribution in [1.29, 1.82) is 0 Å². The van der Waals surface area contributed by atoms with Crippen LogP contribution in [-0.2, 0) is 4.79 Å². The third-order valence-electron chi connectivity index (χ3n) is 5.85. The summed E-state index contributed by atoms with van der Waals surface area (Å²) < 4.78 is 0. The molecule has 4 nitrogen and oxygen atoms in total. The van der Waals surface area contributed by atoms with Gasteiger partial charge >= 0.3 is 0 Å². The summed E-state index contributed by atoms with van der Waals surface area (Å²) in [5, 5.41) is 3.35. The first-order chi connectivity index (χ1) is 9.45. The zero-order chi connectivity index (χ0) is 14.8. The van der Waals surface area contributed by atoms with Crippen molar-refractivity contribution in [3.05, 3.63) is 0 Å². The van der Waals surface area contributed by atoms with E-state index in [1.165, 1.54) is 32.4 Å². The second-order valence-electron chi connectivity index (χ2n) is 7.07. The van der Waals surface area contributed by atoms with Crippen LogP contribution in [0.15, 0.2) is 0 Å². The van der Waals surface area contributed by atoms with E-state index in [9.17, 15) is 4.79 Å². The number of piperidine rings is 1. The van der Waals surface area contributed by atoms with Crippen molar-refractivity contribution in [2.45, 2.75) is 70.9 Å². The summed E-state index contributed by atoms with van der Waals surface area (Å²) in [5.74, 6) is -0.169. The van der Waals surface area contributed by atoms with Gasteiger partial charge < -0.3 is 16.0 Å². The molecule has 1 aliphatic carbocycles. The zero-order valence-electron chi connectivity index (χ0n) is 13.4. The maximum Gasteiger partial charge on any atom is 0.237 e. The van der Waals surface area contributed by atoms with Crippen LogP contribution in [0.5, 0.6) is 0 Å². The summed E-state index contributed by atoms with van der Waals surface area (Å²) in [6, 6.07) is 0.531. The quantitative estimate of drug-likeness (QED) is 0.809. The lowest BCUT2D eigenvalue weighted by atomic mass is 9.78.